The van der Waals surface area contributed by atoms with Gasteiger partial charge in [-0.05, 0) is 23.8 Å². The Hall–Kier alpha value is -3.08. The van der Waals surface area contributed by atoms with Gasteiger partial charge in [0, 0.05) is 11.1 Å². The van der Waals surface area contributed by atoms with Crippen molar-refractivity contribution < 1.29 is 9.90 Å². The number of nitrogens with one attached hydrogen (secondary N) is 1. The third kappa shape index (κ3) is 1.87. The highest BCUT2D eigenvalue weighted by Crippen LogP contribution is 2.36. The first-order valence-electron chi connectivity index (χ1n) is 6.88. The number of amides is 1. The molecule has 0 saturated heterocycles. The molecular weight excluding hydrogens is 278 g/mol. The standard InChI is InChI=1S/C17H12N3O2/c21-15-9-16(22)20(17(15)11-4-2-1-3-5-11)13-7-6-12-10-18-19-14(12)8-13/h1-8,10,17,21H,(H,18,19). The van der Waals surface area contributed by atoms with Crippen LogP contribution in [0.2, 0.25) is 0 Å². The summed E-state index contributed by atoms with van der Waals surface area (Å²) in [5.41, 5.74) is 2.36. The van der Waals surface area contributed by atoms with Crippen LogP contribution in [0.3, 0.4) is 0 Å². The second-order valence-corrected chi connectivity index (χ2v) is 5.14. The summed E-state index contributed by atoms with van der Waals surface area (Å²) in [5.74, 6) is -0.425. The summed E-state index contributed by atoms with van der Waals surface area (Å²) in [6.45, 7) is 0. The molecule has 2 heterocycles. The Morgan fingerprint density at radius 1 is 1.18 bits per heavy atom. The van der Waals surface area contributed by atoms with E-state index in [1.807, 2.05) is 48.5 Å². The summed E-state index contributed by atoms with van der Waals surface area (Å²) in [6, 6.07) is 14.4. The quantitative estimate of drug-likeness (QED) is 0.762. The molecule has 3 aromatic rings. The Morgan fingerprint density at radius 2 is 2.00 bits per heavy atom. The number of benzene rings is 2. The Morgan fingerprint density at radius 3 is 2.82 bits per heavy atom. The van der Waals surface area contributed by atoms with E-state index < -0.39 is 6.04 Å². The zero-order valence-corrected chi connectivity index (χ0v) is 11.5. The topological polar surface area (TPSA) is 69.2 Å². The Labute approximate surface area is 126 Å². The third-order valence-electron chi connectivity index (χ3n) is 3.79. The molecule has 107 valence electrons. The summed E-state index contributed by atoms with van der Waals surface area (Å²) in [7, 11) is 0. The van der Waals surface area contributed by atoms with E-state index in [4.69, 9.17) is 0 Å². The van der Waals surface area contributed by atoms with Crippen LogP contribution < -0.4 is 4.90 Å². The lowest BCUT2D eigenvalue weighted by atomic mass is 10.0. The number of hydrogen-bond acceptors (Lipinski definition) is 3. The molecule has 1 unspecified atom stereocenters. The minimum atomic E-state index is -0.547. The summed E-state index contributed by atoms with van der Waals surface area (Å²) in [5, 5.41) is 18.0. The Bertz CT molecular complexity index is 883. The monoisotopic (exact) mass is 290 g/mol. The lowest BCUT2D eigenvalue weighted by molar-refractivity contribution is -0.114. The van der Waals surface area contributed by atoms with E-state index in [-0.39, 0.29) is 11.7 Å². The maximum absolute atomic E-state index is 12.3. The summed E-state index contributed by atoms with van der Waals surface area (Å²) in [4.78, 5) is 13.8. The SMILES string of the molecule is O=C1[C]=C(O)C(c2ccccc2)N1c1ccc2cn[nH]c2c1. The number of hydrogen-bond donors (Lipinski definition) is 2. The molecule has 0 fully saturated rings. The van der Waals surface area contributed by atoms with Crippen LogP contribution >= 0.6 is 0 Å². The van der Waals surface area contributed by atoms with E-state index in [9.17, 15) is 9.90 Å². The van der Waals surface area contributed by atoms with E-state index in [2.05, 4.69) is 16.3 Å². The molecule has 0 bridgehead atoms. The average molecular weight is 290 g/mol. The molecule has 22 heavy (non-hydrogen) atoms. The van der Waals surface area contributed by atoms with Gasteiger partial charge in [0.1, 0.15) is 11.8 Å². The van der Waals surface area contributed by atoms with Gasteiger partial charge in [-0.2, -0.15) is 5.10 Å². The lowest BCUT2D eigenvalue weighted by Crippen LogP contribution is -2.29. The fraction of sp³-hybridized carbons (Fsp3) is 0.0588. The van der Waals surface area contributed by atoms with Crippen LogP contribution in [0.4, 0.5) is 5.69 Å². The summed E-state index contributed by atoms with van der Waals surface area (Å²) in [6.07, 6.45) is 4.21. The van der Waals surface area contributed by atoms with Gasteiger partial charge in [0.25, 0.3) is 5.91 Å². The smallest absolute Gasteiger partial charge is 0.263 e. The van der Waals surface area contributed by atoms with Crippen LogP contribution in [0.5, 0.6) is 0 Å². The number of carbonyl (C=O) groups excluding carboxylic acids is 1. The number of fused-ring (bicyclic) bond motifs is 1. The van der Waals surface area contributed by atoms with Crippen molar-refractivity contribution in [2.75, 3.05) is 4.90 Å². The zero-order chi connectivity index (χ0) is 15.1. The first-order chi connectivity index (χ1) is 10.7. The Kier molecular flexibility index (Phi) is 2.72. The Balaban J connectivity index is 1.82. The highest BCUT2D eigenvalue weighted by atomic mass is 16.3. The third-order valence-corrected chi connectivity index (χ3v) is 3.79. The van der Waals surface area contributed by atoms with Crippen molar-refractivity contribution in [2.24, 2.45) is 0 Å². The molecule has 1 aliphatic heterocycles. The molecule has 1 aliphatic rings. The number of carbonyl (C=O) groups is 1. The molecule has 5 nitrogen and oxygen atoms in total. The molecule has 2 N–H and O–H groups in total. The maximum Gasteiger partial charge on any atom is 0.263 e. The van der Waals surface area contributed by atoms with Gasteiger partial charge in [-0.1, -0.05) is 30.3 Å². The molecule has 2 aromatic carbocycles. The maximum atomic E-state index is 12.3. The summed E-state index contributed by atoms with van der Waals surface area (Å²) < 4.78 is 0. The second kappa shape index (κ2) is 4.73. The van der Waals surface area contributed by atoms with Crippen molar-refractivity contribution in [2.45, 2.75) is 6.04 Å². The number of H-pyrrole nitrogens is 1. The van der Waals surface area contributed by atoms with Gasteiger partial charge in [0.15, 0.2) is 0 Å². The number of aliphatic hydroxyl groups is 1. The molecule has 0 aliphatic carbocycles. The zero-order valence-electron chi connectivity index (χ0n) is 11.5. The van der Waals surface area contributed by atoms with Gasteiger partial charge in [0.2, 0.25) is 0 Å². The highest BCUT2D eigenvalue weighted by Gasteiger charge is 2.35. The van der Waals surface area contributed by atoms with E-state index in [0.717, 1.165) is 16.5 Å². The van der Waals surface area contributed by atoms with Gasteiger partial charge in [-0.25, -0.2) is 0 Å². The van der Waals surface area contributed by atoms with Crippen LogP contribution in [-0.2, 0) is 4.79 Å². The van der Waals surface area contributed by atoms with E-state index in [1.165, 1.54) is 4.90 Å². The molecule has 1 aromatic heterocycles. The second-order valence-electron chi connectivity index (χ2n) is 5.14. The predicted octanol–water partition coefficient (Wildman–Crippen LogP) is 2.90. The number of aliphatic hydroxyl groups excluding tert-OH is 1. The van der Waals surface area contributed by atoms with Crippen LogP contribution in [0, 0.1) is 6.08 Å². The van der Waals surface area contributed by atoms with E-state index in [0.29, 0.717) is 5.69 Å². The predicted molar refractivity (Wildman–Crippen MR) is 82.1 cm³/mol. The minimum absolute atomic E-state index is 0.0686. The largest absolute Gasteiger partial charge is 0.509 e. The van der Waals surface area contributed by atoms with E-state index >= 15 is 0 Å². The fourth-order valence-corrected chi connectivity index (χ4v) is 2.76. The van der Waals surface area contributed by atoms with Crippen molar-refractivity contribution in [3.05, 3.63) is 72.1 Å². The number of rotatable bonds is 2. The summed E-state index contributed by atoms with van der Waals surface area (Å²) >= 11 is 0. The fourth-order valence-electron chi connectivity index (χ4n) is 2.76. The average Bonchev–Trinajstić information content (AvgIpc) is 3.11. The van der Waals surface area contributed by atoms with Crippen molar-refractivity contribution in [3.63, 3.8) is 0 Å². The van der Waals surface area contributed by atoms with Crippen molar-refractivity contribution in [1.82, 2.24) is 10.2 Å². The molecular formula is C17H12N3O2. The number of nitrogens with zero attached hydrogens (tertiary/aromatic N) is 2. The van der Waals surface area contributed by atoms with E-state index in [1.54, 1.807) is 6.20 Å². The van der Waals surface area contributed by atoms with Crippen LogP contribution in [-0.4, -0.2) is 21.2 Å². The number of aromatic nitrogens is 2. The minimum Gasteiger partial charge on any atom is -0.509 e. The van der Waals surface area contributed by atoms with Gasteiger partial charge >= 0.3 is 0 Å². The number of anilines is 1. The van der Waals surface area contributed by atoms with Gasteiger partial charge in [-0.3, -0.25) is 14.8 Å². The first-order valence-corrected chi connectivity index (χ1v) is 6.88. The first kappa shape index (κ1) is 12.6. The molecule has 0 saturated carbocycles. The van der Waals surface area contributed by atoms with Gasteiger partial charge in [-0.15, -0.1) is 0 Å². The number of aromatic amines is 1. The molecule has 1 atom stereocenters. The van der Waals surface area contributed by atoms with Crippen LogP contribution in [0.25, 0.3) is 10.9 Å². The van der Waals surface area contributed by atoms with Crippen LogP contribution in [0.1, 0.15) is 11.6 Å². The molecule has 0 spiro atoms. The van der Waals surface area contributed by atoms with Crippen molar-refractivity contribution >= 4 is 22.5 Å². The van der Waals surface area contributed by atoms with Gasteiger partial charge in [0.05, 0.1) is 17.8 Å². The van der Waals surface area contributed by atoms with Crippen molar-refractivity contribution in [1.29, 1.82) is 0 Å². The normalized spacial score (nSPS) is 18.0. The molecule has 4 rings (SSSR count). The molecule has 1 amide bonds. The molecule has 1 radical (unpaired) electrons. The van der Waals surface area contributed by atoms with Crippen molar-refractivity contribution in [3.8, 4) is 0 Å². The highest BCUT2D eigenvalue weighted by molar-refractivity contribution is 6.03. The van der Waals surface area contributed by atoms with Crippen LogP contribution in [0.15, 0.2) is 60.5 Å². The molecule has 5 heteroatoms. The lowest BCUT2D eigenvalue weighted by Gasteiger charge is -2.25. The van der Waals surface area contributed by atoms with Gasteiger partial charge < -0.3 is 5.11 Å².